The summed E-state index contributed by atoms with van der Waals surface area (Å²) in [5, 5.41) is 0. The maximum absolute atomic E-state index is 13.0. The predicted octanol–water partition coefficient (Wildman–Crippen LogP) is -0.0867. The number of likely N-dealkylation sites (N-methyl/N-ethyl adjacent to an activating group) is 2. The lowest BCUT2D eigenvalue weighted by atomic mass is 9.73. The van der Waals surface area contributed by atoms with Crippen molar-refractivity contribution in [3.8, 4) is 0 Å². The quantitative estimate of drug-likeness (QED) is 0.657. The van der Waals surface area contributed by atoms with Gasteiger partial charge in [-0.15, -0.1) is 0 Å². The van der Waals surface area contributed by atoms with Gasteiger partial charge in [0.15, 0.2) is 11.5 Å². The van der Waals surface area contributed by atoms with Crippen molar-refractivity contribution in [1.82, 2.24) is 9.80 Å². The summed E-state index contributed by atoms with van der Waals surface area (Å²) in [6.07, 6.45) is -0.770. The molecule has 2 bridgehead atoms. The Kier molecular flexibility index (Phi) is 3.88. The molecule has 1 fully saturated rings. The Morgan fingerprint density at radius 2 is 1.58 bits per heavy atom. The molecule has 0 N–H and O–H groups in total. The number of hydrogen-bond acceptors (Lipinski definition) is 6. The van der Waals surface area contributed by atoms with Crippen molar-refractivity contribution in [3.63, 3.8) is 0 Å². The molecule has 0 saturated carbocycles. The predicted molar refractivity (Wildman–Crippen MR) is 85.1 cm³/mol. The summed E-state index contributed by atoms with van der Waals surface area (Å²) in [6.45, 7) is 3.45. The van der Waals surface area contributed by atoms with Crippen LogP contribution in [0.4, 0.5) is 0 Å². The standard InChI is InChI=1S/C17H22N2O5/c1-7-13(20)10-9(14(21)15(7)23-5)11-8(2)18(3)17(22)12(19(11)4)16(10)24-6/h8,11-12,16H,1-6H3/t8-,11-,12-,16-/m0/s1. The van der Waals surface area contributed by atoms with Crippen LogP contribution in [0.15, 0.2) is 22.5 Å². The number of amides is 1. The van der Waals surface area contributed by atoms with Gasteiger partial charge in [-0.2, -0.15) is 0 Å². The molecule has 0 aromatic rings. The lowest BCUT2D eigenvalue weighted by Gasteiger charge is -2.54. The molecule has 7 nitrogen and oxygen atoms in total. The van der Waals surface area contributed by atoms with E-state index in [1.54, 1.807) is 25.9 Å². The maximum Gasteiger partial charge on any atom is 0.243 e. The zero-order valence-electron chi connectivity index (χ0n) is 14.7. The molecule has 3 aliphatic rings. The first-order valence-corrected chi connectivity index (χ1v) is 7.87. The van der Waals surface area contributed by atoms with E-state index < -0.39 is 12.1 Å². The van der Waals surface area contributed by atoms with Crippen molar-refractivity contribution in [2.24, 2.45) is 0 Å². The number of nitrogens with zero attached hydrogens (tertiary/aromatic N) is 2. The van der Waals surface area contributed by atoms with Gasteiger partial charge in [0.1, 0.15) is 12.1 Å². The lowest BCUT2D eigenvalue weighted by Crippen LogP contribution is -2.71. The van der Waals surface area contributed by atoms with Crippen LogP contribution < -0.4 is 0 Å². The molecular weight excluding hydrogens is 312 g/mol. The van der Waals surface area contributed by atoms with Crippen molar-refractivity contribution in [3.05, 3.63) is 22.5 Å². The minimum Gasteiger partial charge on any atom is -0.492 e. The first-order chi connectivity index (χ1) is 11.3. The Bertz CT molecular complexity index is 708. The van der Waals surface area contributed by atoms with E-state index in [2.05, 4.69) is 0 Å². The number of Topliss-reactive ketones (excluding diaryl/α,β-unsaturated/α-hetero) is 2. The average molecular weight is 334 g/mol. The summed E-state index contributed by atoms with van der Waals surface area (Å²) in [5.74, 6) is -0.608. The van der Waals surface area contributed by atoms with Crippen molar-refractivity contribution in [2.75, 3.05) is 28.3 Å². The summed E-state index contributed by atoms with van der Waals surface area (Å²) in [5.41, 5.74) is 0.960. The smallest absolute Gasteiger partial charge is 0.243 e. The van der Waals surface area contributed by atoms with Gasteiger partial charge in [0.2, 0.25) is 11.7 Å². The number of allylic oxidation sites excluding steroid dienone is 2. The van der Waals surface area contributed by atoms with Crippen LogP contribution in [0.5, 0.6) is 0 Å². The van der Waals surface area contributed by atoms with E-state index in [4.69, 9.17) is 9.47 Å². The molecule has 0 spiro atoms. The third kappa shape index (κ3) is 1.88. The van der Waals surface area contributed by atoms with Gasteiger partial charge in [-0.1, -0.05) is 0 Å². The molecule has 130 valence electrons. The molecule has 24 heavy (non-hydrogen) atoms. The molecule has 2 aliphatic heterocycles. The van der Waals surface area contributed by atoms with Crippen LogP contribution in [-0.4, -0.2) is 79.8 Å². The van der Waals surface area contributed by atoms with Gasteiger partial charge in [0.05, 0.1) is 13.2 Å². The zero-order valence-corrected chi connectivity index (χ0v) is 14.7. The van der Waals surface area contributed by atoms with E-state index in [1.165, 1.54) is 14.2 Å². The van der Waals surface area contributed by atoms with E-state index >= 15 is 0 Å². The van der Waals surface area contributed by atoms with Gasteiger partial charge >= 0.3 is 0 Å². The summed E-state index contributed by atoms with van der Waals surface area (Å²) < 4.78 is 10.7. The van der Waals surface area contributed by atoms with Gasteiger partial charge in [-0.05, 0) is 20.9 Å². The number of piperazine rings is 1. The Balaban J connectivity index is 2.27. The fraction of sp³-hybridized carbons (Fsp3) is 0.588. The Hall–Kier alpha value is -1.99. The number of ketones is 2. The van der Waals surface area contributed by atoms with Crippen LogP contribution in [-0.2, 0) is 23.9 Å². The van der Waals surface area contributed by atoms with E-state index in [0.717, 1.165) is 0 Å². The highest BCUT2D eigenvalue weighted by atomic mass is 16.5. The fourth-order valence-corrected chi connectivity index (χ4v) is 4.17. The van der Waals surface area contributed by atoms with Crippen LogP contribution in [0.2, 0.25) is 0 Å². The number of methoxy groups -OCH3 is 2. The molecule has 1 amide bonds. The minimum absolute atomic E-state index is 0.0761. The number of fused-ring (bicyclic) bond motifs is 3. The first-order valence-electron chi connectivity index (χ1n) is 7.87. The largest absolute Gasteiger partial charge is 0.492 e. The zero-order chi connectivity index (χ0) is 17.9. The molecule has 0 aromatic heterocycles. The summed E-state index contributed by atoms with van der Waals surface area (Å²) in [7, 11) is 6.35. The topological polar surface area (TPSA) is 76.2 Å². The number of ether oxygens (including phenoxy) is 2. The average Bonchev–Trinajstić information content (AvgIpc) is 2.56. The molecule has 4 atom stereocenters. The van der Waals surface area contributed by atoms with Gasteiger partial charge < -0.3 is 14.4 Å². The van der Waals surface area contributed by atoms with Crippen LogP contribution >= 0.6 is 0 Å². The second kappa shape index (κ2) is 5.53. The third-order valence-corrected chi connectivity index (χ3v) is 5.54. The van der Waals surface area contributed by atoms with Crippen molar-refractivity contribution in [2.45, 2.75) is 38.1 Å². The SMILES string of the molecule is COC1=C(C)C(=O)C2=C(C1=O)[C@@H]1[C@H](C)N(C)C(=O)[C@H]([C@H]2OC)N1C. The fourth-order valence-electron chi connectivity index (χ4n) is 4.17. The molecule has 0 aromatic carbocycles. The molecule has 2 heterocycles. The monoisotopic (exact) mass is 334 g/mol. The summed E-state index contributed by atoms with van der Waals surface area (Å²) in [4.78, 5) is 42.1. The van der Waals surface area contributed by atoms with Crippen LogP contribution in [0.1, 0.15) is 13.8 Å². The highest BCUT2D eigenvalue weighted by molar-refractivity contribution is 6.25. The van der Waals surface area contributed by atoms with Gasteiger partial charge in [0, 0.05) is 36.9 Å². The maximum atomic E-state index is 13.0. The lowest BCUT2D eigenvalue weighted by molar-refractivity contribution is -0.154. The molecule has 7 heteroatoms. The second-order valence-electron chi connectivity index (χ2n) is 6.55. The van der Waals surface area contributed by atoms with Gasteiger partial charge in [-0.3, -0.25) is 19.3 Å². The molecule has 1 aliphatic carbocycles. The van der Waals surface area contributed by atoms with E-state index in [-0.39, 0.29) is 40.9 Å². The molecule has 0 radical (unpaired) electrons. The van der Waals surface area contributed by atoms with Crippen molar-refractivity contribution in [1.29, 1.82) is 0 Å². The number of rotatable bonds is 2. The number of hydrogen-bond donors (Lipinski definition) is 0. The molecule has 0 unspecified atom stereocenters. The Labute approximate surface area is 140 Å². The molecule has 3 rings (SSSR count). The first kappa shape index (κ1) is 16.9. The number of carbonyl (C=O) groups excluding carboxylic acids is 3. The van der Waals surface area contributed by atoms with E-state index in [9.17, 15) is 14.4 Å². The van der Waals surface area contributed by atoms with Crippen LogP contribution in [0, 0.1) is 0 Å². The minimum atomic E-state index is -0.770. The van der Waals surface area contributed by atoms with Gasteiger partial charge in [-0.25, -0.2) is 0 Å². The van der Waals surface area contributed by atoms with Gasteiger partial charge in [0.25, 0.3) is 0 Å². The second-order valence-corrected chi connectivity index (χ2v) is 6.55. The van der Waals surface area contributed by atoms with Crippen LogP contribution in [0.25, 0.3) is 0 Å². The number of carbonyl (C=O) groups is 3. The summed E-state index contributed by atoms with van der Waals surface area (Å²) in [6, 6.07) is -1.22. The van der Waals surface area contributed by atoms with Crippen molar-refractivity contribution < 1.29 is 23.9 Å². The van der Waals surface area contributed by atoms with E-state index in [0.29, 0.717) is 11.1 Å². The highest BCUT2D eigenvalue weighted by Gasteiger charge is 2.57. The van der Waals surface area contributed by atoms with Crippen molar-refractivity contribution >= 4 is 17.5 Å². The summed E-state index contributed by atoms with van der Waals surface area (Å²) >= 11 is 0. The third-order valence-electron chi connectivity index (χ3n) is 5.54. The highest BCUT2D eigenvalue weighted by Crippen LogP contribution is 2.42. The van der Waals surface area contributed by atoms with Crippen LogP contribution in [0.3, 0.4) is 0 Å². The molecular formula is C17H22N2O5. The normalized spacial score (nSPS) is 34.1. The van der Waals surface area contributed by atoms with E-state index in [1.807, 2.05) is 11.8 Å². The Morgan fingerprint density at radius 1 is 0.958 bits per heavy atom. The molecule has 1 saturated heterocycles. The Morgan fingerprint density at radius 3 is 2.12 bits per heavy atom.